The second-order valence-corrected chi connectivity index (χ2v) is 3.67. The number of likely N-dealkylation sites (tertiary alicyclic amines) is 1. The van der Waals surface area contributed by atoms with Crippen LogP contribution in [0, 0.1) is 0 Å². The SMILES string of the molecule is CNC(=O)CCCN1CC(O)C(O)C1. The topological polar surface area (TPSA) is 72.8 Å². The molecule has 0 bridgehead atoms. The molecule has 0 saturated carbocycles. The largest absolute Gasteiger partial charge is 0.389 e. The van der Waals surface area contributed by atoms with Gasteiger partial charge in [0.2, 0.25) is 5.91 Å². The van der Waals surface area contributed by atoms with E-state index in [0.29, 0.717) is 19.5 Å². The fourth-order valence-electron chi connectivity index (χ4n) is 1.62. The average molecular weight is 202 g/mol. The van der Waals surface area contributed by atoms with Crippen molar-refractivity contribution in [2.24, 2.45) is 0 Å². The molecule has 14 heavy (non-hydrogen) atoms. The van der Waals surface area contributed by atoms with Gasteiger partial charge in [0.25, 0.3) is 0 Å². The molecule has 2 atom stereocenters. The Balaban J connectivity index is 2.11. The van der Waals surface area contributed by atoms with Gasteiger partial charge in [0, 0.05) is 26.6 Å². The van der Waals surface area contributed by atoms with Gasteiger partial charge in [0.1, 0.15) is 0 Å². The van der Waals surface area contributed by atoms with E-state index in [9.17, 15) is 15.0 Å². The molecule has 1 fully saturated rings. The Hall–Kier alpha value is -0.650. The van der Waals surface area contributed by atoms with E-state index in [1.54, 1.807) is 7.05 Å². The number of hydrogen-bond acceptors (Lipinski definition) is 4. The minimum absolute atomic E-state index is 0.0327. The van der Waals surface area contributed by atoms with E-state index in [0.717, 1.165) is 13.0 Å². The maximum atomic E-state index is 10.9. The number of rotatable bonds is 4. The molecule has 0 spiro atoms. The van der Waals surface area contributed by atoms with Crippen molar-refractivity contribution in [3.05, 3.63) is 0 Å². The van der Waals surface area contributed by atoms with Crippen molar-refractivity contribution in [3.8, 4) is 0 Å². The molecule has 0 aromatic carbocycles. The molecule has 3 N–H and O–H groups in total. The lowest BCUT2D eigenvalue weighted by molar-refractivity contribution is -0.120. The van der Waals surface area contributed by atoms with Gasteiger partial charge in [-0.1, -0.05) is 0 Å². The molecule has 5 heteroatoms. The first-order valence-electron chi connectivity index (χ1n) is 4.92. The quantitative estimate of drug-likeness (QED) is 0.521. The van der Waals surface area contributed by atoms with Crippen molar-refractivity contribution in [2.45, 2.75) is 25.0 Å². The van der Waals surface area contributed by atoms with E-state index in [-0.39, 0.29) is 5.91 Å². The molecule has 1 saturated heterocycles. The first-order valence-corrected chi connectivity index (χ1v) is 4.92. The summed E-state index contributed by atoms with van der Waals surface area (Å²) in [5.41, 5.74) is 0. The predicted molar refractivity (Wildman–Crippen MR) is 51.8 cm³/mol. The lowest BCUT2D eigenvalue weighted by Crippen LogP contribution is -2.25. The molecule has 2 unspecified atom stereocenters. The number of carbonyl (C=O) groups is 1. The Morgan fingerprint density at radius 2 is 2.00 bits per heavy atom. The molecule has 0 aromatic heterocycles. The fraction of sp³-hybridized carbons (Fsp3) is 0.889. The molecule has 0 aliphatic carbocycles. The van der Waals surface area contributed by atoms with Gasteiger partial charge in [-0.3, -0.25) is 9.69 Å². The summed E-state index contributed by atoms with van der Waals surface area (Å²) in [6.45, 7) is 1.77. The van der Waals surface area contributed by atoms with Crippen LogP contribution in [-0.4, -0.2) is 59.9 Å². The number of nitrogens with one attached hydrogen (secondary N) is 1. The van der Waals surface area contributed by atoms with Crippen molar-refractivity contribution in [3.63, 3.8) is 0 Å². The van der Waals surface area contributed by atoms with E-state index >= 15 is 0 Å². The smallest absolute Gasteiger partial charge is 0.219 e. The maximum Gasteiger partial charge on any atom is 0.219 e. The zero-order valence-corrected chi connectivity index (χ0v) is 8.44. The zero-order valence-electron chi connectivity index (χ0n) is 8.44. The number of aliphatic hydroxyl groups is 2. The van der Waals surface area contributed by atoms with Crippen LogP contribution in [0.2, 0.25) is 0 Å². The van der Waals surface area contributed by atoms with Gasteiger partial charge in [0.15, 0.2) is 0 Å². The summed E-state index contributed by atoms with van der Waals surface area (Å²) in [5.74, 6) is 0.0327. The summed E-state index contributed by atoms with van der Waals surface area (Å²) in [5, 5.41) is 21.1. The highest BCUT2D eigenvalue weighted by molar-refractivity contribution is 5.75. The van der Waals surface area contributed by atoms with Gasteiger partial charge in [-0.05, 0) is 13.0 Å². The van der Waals surface area contributed by atoms with Crippen LogP contribution in [-0.2, 0) is 4.79 Å². The number of carbonyl (C=O) groups excluding carboxylic acids is 1. The lowest BCUT2D eigenvalue weighted by Gasteiger charge is -2.13. The summed E-state index contributed by atoms with van der Waals surface area (Å²) in [6.07, 6.45) is 0.00295. The molecule has 0 radical (unpaired) electrons. The highest BCUT2D eigenvalue weighted by Crippen LogP contribution is 2.10. The second kappa shape index (κ2) is 5.29. The summed E-state index contributed by atoms with van der Waals surface area (Å²) in [6, 6.07) is 0. The van der Waals surface area contributed by atoms with Crippen LogP contribution < -0.4 is 5.32 Å². The van der Waals surface area contributed by atoms with Crippen molar-refractivity contribution in [1.82, 2.24) is 10.2 Å². The van der Waals surface area contributed by atoms with Crippen LogP contribution in [0.5, 0.6) is 0 Å². The summed E-state index contributed by atoms with van der Waals surface area (Å²) in [7, 11) is 1.62. The third-order valence-electron chi connectivity index (χ3n) is 2.49. The van der Waals surface area contributed by atoms with Crippen molar-refractivity contribution >= 4 is 5.91 Å². The summed E-state index contributed by atoms with van der Waals surface area (Å²) in [4.78, 5) is 12.9. The van der Waals surface area contributed by atoms with Gasteiger partial charge in [-0.15, -0.1) is 0 Å². The third kappa shape index (κ3) is 3.25. The summed E-state index contributed by atoms with van der Waals surface area (Å²) < 4.78 is 0. The second-order valence-electron chi connectivity index (χ2n) is 3.67. The van der Waals surface area contributed by atoms with E-state index in [1.165, 1.54) is 0 Å². The van der Waals surface area contributed by atoms with Gasteiger partial charge < -0.3 is 15.5 Å². The number of aliphatic hydroxyl groups excluding tert-OH is 2. The van der Waals surface area contributed by atoms with E-state index in [2.05, 4.69) is 5.32 Å². The first-order chi connectivity index (χ1) is 6.63. The Bertz CT molecular complexity index is 188. The van der Waals surface area contributed by atoms with Gasteiger partial charge in [-0.25, -0.2) is 0 Å². The lowest BCUT2D eigenvalue weighted by atomic mass is 10.3. The zero-order chi connectivity index (χ0) is 10.6. The molecule has 0 aromatic rings. The van der Waals surface area contributed by atoms with Gasteiger partial charge >= 0.3 is 0 Å². The first kappa shape index (κ1) is 11.4. The number of amides is 1. The number of β-amino-alcohol motifs (C(OH)–C–C–N with tert-alkyl or cyclic N) is 2. The molecule has 5 nitrogen and oxygen atoms in total. The van der Waals surface area contributed by atoms with E-state index in [1.807, 2.05) is 4.90 Å². The van der Waals surface area contributed by atoms with E-state index in [4.69, 9.17) is 0 Å². The third-order valence-corrected chi connectivity index (χ3v) is 2.49. The van der Waals surface area contributed by atoms with Crippen molar-refractivity contribution in [2.75, 3.05) is 26.7 Å². The Labute approximate surface area is 83.7 Å². The van der Waals surface area contributed by atoms with Crippen LogP contribution in [0.15, 0.2) is 0 Å². The number of hydrogen-bond donors (Lipinski definition) is 3. The van der Waals surface area contributed by atoms with Gasteiger partial charge in [0.05, 0.1) is 12.2 Å². The molecular weight excluding hydrogens is 184 g/mol. The highest BCUT2D eigenvalue weighted by atomic mass is 16.3. The van der Waals surface area contributed by atoms with Crippen LogP contribution in [0.4, 0.5) is 0 Å². The predicted octanol–water partition coefficient (Wildman–Crippen LogP) is -1.45. The Kier molecular flexibility index (Phi) is 4.31. The van der Waals surface area contributed by atoms with Crippen LogP contribution in [0.3, 0.4) is 0 Å². The monoisotopic (exact) mass is 202 g/mol. The minimum atomic E-state index is -0.630. The molecule has 1 rings (SSSR count). The molecular formula is C9H18N2O3. The van der Waals surface area contributed by atoms with Crippen LogP contribution >= 0.6 is 0 Å². The van der Waals surface area contributed by atoms with E-state index < -0.39 is 12.2 Å². The fourth-order valence-corrected chi connectivity index (χ4v) is 1.62. The molecule has 1 aliphatic rings. The minimum Gasteiger partial charge on any atom is -0.389 e. The van der Waals surface area contributed by atoms with Gasteiger partial charge in [-0.2, -0.15) is 0 Å². The van der Waals surface area contributed by atoms with Crippen LogP contribution in [0.25, 0.3) is 0 Å². The molecule has 82 valence electrons. The van der Waals surface area contributed by atoms with Crippen molar-refractivity contribution < 1.29 is 15.0 Å². The molecule has 1 amide bonds. The van der Waals surface area contributed by atoms with Crippen LogP contribution in [0.1, 0.15) is 12.8 Å². The Morgan fingerprint density at radius 3 is 2.50 bits per heavy atom. The normalized spacial score (nSPS) is 27.9. The molecule has 1 aliphatic heterocycles. The Morgan fingerprint density at radius 1 is 1.43 bits per heavy atom. The van der Waals surface area contributed by atoms with Crippen molar-refractivity contribution in [1.29, 1.82) is 0 Å². The maximum absolute atomic E-state index is 10.9. The standard InChI is InChI=1S/C9H18N2O3/c1-10-9(14)3-2-4-11-5-7(12)8(13)6-11/h7-8,12-13H,2-6H2,1H3,(H,10,14). The molecule has 1 heterocycles. The highest BCUT2D eigenvalue weighted by Gasteiger charge is 2.28. The average Bonchev–Trinajstić information content (AvgIpc) is 2.46. The summed E-state index contributed by atoms with van der Waals surface area (Å²) >= 11 is 0. The number of nitrogens with zero attached hydrogens (tertiary/aromatic N) is 1.